The van der Waals surface area contributed by atoms with Gasteiger partial charge in [0.15, 0.2) is 0 Å². The quantitative estimate of drug-likeness (QED) is 0.805. The minimum Gasteiger partial charge on any atom is -0.494 e. The highest BCUT2D eigenvalue weighted by Crippen LogP contribution is 2.25. The molecular formula is C17H19ClN2O. The average Bonchev–Trinajstić information content (AvgIpc) is 2.50. The van der Waals surface area contributed by atoms with Crippen molar-refractivity contribution < 1.29 is 4.74 Å². The Hall–Kier alpha value is -1.58. The fraction of sp³-hybridized carbons (Fsp3) is 0.353. The van der Waals surface area contributed by atoms with Crippen molar-refractivity contribution in [3.05, 3.63) is 58.4 Å². The van der Waals surface area contributed by atoms with Gasteiger partial charge < -0.3 is 4.74 Å². The highest BCUT2D eigenvalue weighted by Gasteiger charge is 2.17. The van der Waals surface area contributed by atoms with E-state index in [0.29, 0.717) is 11.8 Å². The summed E-state index contributed by atoms with van der Waals surface area (Å²) in [4.78, 5) is 6.58. The van der Waals surface area contributed by atoms with E-state index < -0.39 is 0 Å². The van der Waals surface area contributed by atoms with Gasteiger partial charge in [-0.25, -0.2) is 4.98 Å². The molecule has 1 aliphatic heterocycles. The molecule has 2 heterocycles. The fourth-order valence-electron chi connectivity index (χ4n) is 2.74. The fourth-order valence-corrected chi connectivity index (χ4v) is 2.85. The van der Waals surface area contributed by atoms with Gasteiger partial charge in [-0.2, -0.15) is 0 Å². The monoisotopic (exact) mass is 302 g/mol. The number of hydrogen-bond donors (Lipinski definition) is 0. The number of fused-ring (bicyclic) bond motifs is 1. The van der Waals surface area contributed by atoms with Gasteiger partial charge in [0.05, 0.1) is 6.61 Å². The summed E-state index contributed by atoms with van der Waals surface area (Å²) in [5, 5.41) is 0.545. The van der Waals surface area contributed by atoms with Crippen LogP contribution < -0.4 is 4.74 Å². The summed E-state index contributed by atoms with van der Waals surface area (Å²) in [7, 11) is 0. The lowest BCUT2D eigenvalue weighted by molar-refractivity contribution is 0.244. The van der Waals surface area contributed by atoms with E-state index in [2.05, 4.69) is 28.1 Å². The number of aromatic nitrogens is 1. The first kappa shape index (κ1) is 14.4. The van der Waals surface area contributed by atoms with Crippen LogP contribution in [0.1, 0.15) is 23.6 Å². The number of nitrogens with zero attached hydrogens (tertiary/aromatic N) is 2. The zero-order valence-corrected chi connectivity index (χ0v) is 12.9. The molecule has 3 nitrogen and oxygen atoms in total. The van der Waals surface area contributed by atoms with Gasteiger partial charge in [0.2, 0.25) is 0 Å². The first-order chi connectivity index (χ1) is 10.2. The van der Waals surface area contributed by atoms with Gasteiger partial charge >= 0.3 is 0 Å². The maximum atomic E-state index is 5.83. The van der Waals surface area contributed by atoms with Crippen LogP contribution in [0.15, 0.2) is 36.5 Å². The first-order valence-corrected chi connectivity index (χ1v) is 7.70. The van der Waals surface area contributed by atoms with Crippen molar-refractivity contribution >= 4 is 11.6 Å². The molecule has 1 aromatic carbocycles. The summed E-state index contributed by atoms with van der Waals surface area (Å²) in [5.41, 5.74) is 4.00. The summed E-state index contributed by atoms with van der Waals surface area (Å²) < 4.78 is 5.60. The van der Waals surface area contributed by atoms with Crippen molar-refractivity contribution in [2.24, 2.45) is 0 Å². The molecule has 1 aromatic heterocycles. The van der Waals surface area contributed by atoms with Crippen molar-refractivity contribution in [1.29, 1.82) is 0 Å². The van der Waals surface area contributed by atoms with Gasteiger partial charge in [0, 0.05) is 25.8 Å². The zero-order valence-electron chi connectivity index (χ0n) is 12.2. The summed E-state index contributed by atoms with van der Waals surface area (Å²) >= 11 is 5.83. The van der Waals surface area contributed by atoms with Crippen LogP contribution in [-0.2, 0) is 19.5 Å². The molecule has 2 aromatic rings. The Morgan fingerprint density at radius 1 is 1.24 bits per heavy atom. The molecule has 0 aliphatic carbocycles. The van der Waals surface area contributed by atoms with E-state index in [4.69, 9.17) is 16.3 Å². The summed E-state index contributed by atoms with van der Waals surface area (Å²) in [6.45, 7) is 5.66. The number of hydrogen-bond acceptors (Lipinski definition) is 3. The predicted molar refractivity (Wildman–Crippen MR) is 84.7 cm³/mol. The number of halogens is 1. The minimum atomic E-state index is 0.545. The third kappa shape index (κ3) is 3.55. The van der Waals surface area contributed by atoms with E-state index in [0.717, 1.165) is 31.8 Å². The largest absolute Gasteiger partial charge is 0.494 e. The second-order valence-corrected chi connectivity index (χ2v) is 5.70. The van der Waals surface area contributed by atoms with E-state index in [-0.39, 0.29) is 0 Å². The normalized spacial score (nSPS) is 14.8. The van der Waals surface area contributed by atoms with E-state index in [1.807, 2.05) is 25.3 Å². The summed E-state index contributed by atoms with van der Waals surface area (Å²) in [6.07, 6.45) is 2.94. The molecule has 0 fully saturated rings. The van der Waals surface area contributed by atoms with Crippen LogP contribution in [0, 0.1) is 0 Å². The predicted octanol–water partition coefficient (Wildman–Crippen LogP) is 3.69. The molecule has 0 saturated heterocycles. The summed E-state index contributed by atoms with van der Waals surface area (Å²) in [5.74, 6) is 0.964. The van der Waals surface area contributed by atoms with Gasteiger partial charge in [0.1, 0.15) is 10.9 Å². The molecule has 3 rings (SSSR count). The van der Waals surface area contributed by atoms with Crippen LogP contribution in [-0.4, -0.2) is 23.0 Å². The first-order valence-electron chi connectivity index (χ1n) is 7.32. The standard InChI is InChI=1S/C17H19ClN2O/c1-2-21-16-5-4-14-7-8-20(12-15(14)9-16)11-13-3-6-17(18)19-10-13/h3-6,9-10H,2,7-8,11-12H2,1H3. The minimum absolute atomic E-state index is 0.545. The number of rotatable bonds is 4. The van der Waals surface area contributed by atoms with E-state index >= 15 is 0 Å². The van der Waals surface area contributed by atoms with Crippen LogP contribution in [0.2, 0.25) is 5.15 Å². The lowest BCUT2D eigenvalue weighted by Crippen LogP contribution is -2.30. The number of pyridine rings is 1. The lowest BCUT2D eigenvalue weighted by Gasteiger charge is -2.29. The Labute approximate surface area is 130 Å². The van der Waals surface area contributed by atoms with E-state index in [1.165, 1.54) is 16.7 Å². The molecular weight excluding hydrogens is 284 g/mol. The second kappa shape index (κ2) is 6.46. The van der Waals surface area contributed by atoms with Crippen molar-refractivity contribution in [2.45, 2.75) is 26.4 Å². The maximum absolute atomic E-state index is 5.83. The van der Waals surface area contributed by atoms with E-state index in [1.54, 1.807) is 0 Å². The van der Waals surface area contributed by atoms with Crippen LogP contribution in [0.5, 0.6) is 5.75 Å². The molecule has 1 aliphatic rings. The third-order valence-corrected chi connectivity index (χ3v) is 4.00. The number of ether oxygens (including phenoxy) is 1. The Kier molecular flexibility index (Phi) is 4.42. The molecule has 0 atom stereocenters. The molecule has 110 valence electrons. The van der Waals surface area contributed by atoms with Gasteiger partial charge in [0.25, 0.3) is 0 Å². The smallest absolute Gasteiger partial charge is 0.129 e. The van der Waals surface area contributed by atoms with Gasteiger partial charge in [-0.1, -0.05) is 23.7 Å². The zero-order chi connectivity index (χ0) is 14.7. The molecule has 0 N–H and O–H groups in total. The summed E-state index contributed by atoms with van der Waals surface area (Å²) in [6, 6.07) is 10.3. The van der Waals surface area contributed by atoms with Gasteiger partial charge in [-0.05, 0) is 48.2 Å². The SMILES string of the molecule is CCOc1ccc2c(c1)CN(Cc1ccc(Cl)nc1)CC2. The van der Waals surface area contributed by atoms with E-state index in [9.17, 15) is 0 Å². The molecule has 0 unspecified atom stereocenters. The third-order valence-electron chi connectivity index (χ3n) is 3.77. The average molecular weight is 303 g/mol. The highest BCUT2D eigenvalue weighted by molar-refractivity contribution is 6.29. The van der Waals surface area contributed by atoms with Crippen molar-refractivity contribution in [3.8, 4) is 5.75 Å². The Morgan fingerprint density at radius 2 is 2.14 bits per heavy atom. The van der Waals surface area contributed by atoms with Gasteiger partial charge in [-0.15, -0.1) is 0 Å². The Morgan fingerprint density at radius 3 is 2.90 bits per heavy atom. The molecule has 0 radical (unpaired) electrons. The molecule has 0 bridgehead atoms. The van der Waals surface area contributed by atoms with Crippen molar-refractivity contribution in [1.82, 2.24) is 9.88 Å². The molecule has 0 spiro atoms. The molecule has 0 amide bonds. The van der Waals surface area contributed by atoms with Crippen LogP contribution in [0.25, 0.3) is 0 Å². The topological polar surface area (TPSA) is 25.4 Å². The number of benzene rings is 1. The molecule has 21 heavy (non-hydrogen) atoms. The van der Waals surface area contributed by atoms with Crippen LogP contribution in [0.4, 0.5) is 0 Å². The molecule has 4 heteroatoms. The van der Waals surface area contributed by atoms with Crippen molar-refractivity contribution in [3.63, 3.8) is 0 Å². The van der Waals surface area contributed by atoms with Crippen molar-refractivity contribution in [2.75, 3.05) is 13.2 Å². The molecule has 0 saturated carbocycles. The Balaban J connectivity index is 1.71. The second-order valence-electron chi connectivity index (χ2n) is 5.31. The van der Waals surface area contributed by atoms with Crippen LogP contribution in [0.3, 0.4) is 0 Å². The lowest BCUT2D eigenvalue weighted by atomic mass is 9.99. The highest BCUT2D eigenvalue weighted by atomic mass is 35.5. The maximum Gasteiger partial charge on any atom is 0.129 e. The Bertz CT molecular complexity index is 613. The van der Waals surface area contributed by atoms with Crippen LogP contribution >= 0.6 is 11.6 Å². The van der Waals surface area contributed by atoms with Gasteiger partial charge in [-0.3, -0.25) is 4.90 Å².